The van der Waals surface area contributed by atoms with Gasteiger partial charge in [-0.25, -0.2) is 0 Å². The highest BCUT2D eigenvalue weighted by molar-refractivity contribution is 5.94. The molecule has 0 spiro atoms. The van der Waals surface area contributed by atoms with Crippen LogP contribution in [0.5, 0.6) is 0 Å². The lowest BCUT2D eigenvalue weighted by Gasteiger charge is -2.24. The number of hydrogen-bond donors (Lipinski definition) is 3. The lowest BCUT2D eigenvalue weighted by atomic mass is 10.0. The normalized spacial score (nSPS) is 10.4. The summed E-state index contributed by atoms with van der Waals surface area (Å²) in [6.07, 6.45) is 0. The van der Waals surface area contributed by atoms with Gasteiger partial charge in [0.25, 0.3) is 5.91 Å². The molecular formula is C14H22ClN3O2. The molecule has 0 unspecified atom stereocenters. The molecule has 0 radical (unpaired) electrons. The van der Waals surface area contributed by atoms with Gasteiger partial charge in [-0.15, -0.1) is 12.4 Å². The van der Waals surface area contributed by atoms with Crippen LogP contribution in [-0.4, -0.2) is 23.9 Å². The zero-order valence-electron chi connectivity index (χ0n) is 12.0. The second-order valence-corrected chi connectivity index (χ2v) is 5.15. The second-order valence-electron chi connectivity index (χ2n) is 5.15. The van der Waals surface area contributed by atoms with Crippen molar-refractivity contribution in [1.29, 1.82) is 0 Å². The van der Waals surface area contributed by atoms with Gasteiger partial charge in [0.1, 0.15) is 0 Å². The van der Waals surface area contributed by atoms with E-state index in [9.17, 15) is 9.59 Å². The maximum absolute atomic E-state index is 12.0. The first-order valence-corrected chi connectivity index (χ1v) is 6.20. The number of carbonyl (C=O) groups excluding carboxylic acids is 2. The van der Waals surface area contributed by atoms with Gasteiger partial charge in [-0.1, -0.05) is 12.1 Å². The van der Waals surface area contributed by atoms with Crippen molar-refractivity contribution in [1.82, 2.24) is 10.6 Å². The molecule has 0 bridgehead atoms. The molecule has 0 saturated carbocycles. The maximum atomic E-state index is 12.0. The molecule has 0 fully saturated rings. The predicted molar refractivity (Wildman–Crippen MR) is 81.8 cm³/mol. The summed E-state index contributed by atoms with van der Waals surface area (Å²) in [5.41, 5.74) is 6.67. The van der Waals surface area contributed by atoms with Gasteiger partial charge in [-0.2, -0.15) is 0 Å². The van der Waals surface area contributed by atoms with Crippen LogP contribution in [0.4, 0.5) is 0 Å². The Hall–Kier alpha value is -1.59. The third-order valence-electron chi connectivity index (χ3n) is 2.72. The Kier molecular flexibility index (Phi) is 7.24. The molecular weight excluding hydrogens is 278 g/mol. The zero-order chi connectivity index (χ0) is 14.5. The van der Waals surface area contributed by atoms with Crippen LogP contribution in [0.15, 0.2) is 24.3 Å². The van der Waals surface area contributed by atoms with Crippen LogP contribution in [0, 0.1) is 0 Å². The SMILES string of the molecule is CC(=O)NCc1ccc(C(=O)NC(C)(C)CN)cc1.Cl. The molecule has 0 heterocycles. The molecule has 20 heavy (non-hydrogen) atoms. The molecule has 6 heteroatoms. The minimum Gasteiger partial charge on any atom is -0.352 e. The smallest absolute Gasteiger partial charge is 0.251 e. The first kappa shape index (κ1) is 18.4. The first-order valence-electron chi connectivity index (χ1n) is 6.20. The number of nitrogens with one attached hydrogen (secondary N) is 2. The Bertz CT molecular complexity index is 458. The molecule has 112 valence electrons. The molecule has 1 rings (SSSR count). The average molecular weight is 300 g/mol. The molecule has 0 aliphatic carbocycles. The summed E-state index contributed by atoms with van der Waals surface area (Å²) >= 11 is 0. The van der Waals surface area contributed by atoms with E-state index in [-0.39, 0.29) is 24.2 Å². The lowest BCUT2D eigenvalue weighted by molar-refractivity contribution is -0.119. The lowest BCUT2D eigenvalue weighted by Crippen LogP contribution is -2.48. The van der Waals surface area contributed by atoms with Crippen LogP contribution in [0.2, 0.25) is 0 Å². The highest BCUT2D eigenvalue weighted by atomic mass is 35.5. The van der Waals surface area contributed by atoms with E-state index in [1.54, 1.807) is 12.1 Å². The zero-order valence-corrected chi connectivity index (χ0v) is 12.8. The van der Waals surface area contributed by atoms with E-state index in [1.807, 2.05) is 26.0 Å². The standard InChI is InChI=1S/C14H21N3O2.ClH/c1-10(18)16-8-11-4-6-12(7-5-11)13(19)17-14(2,3)9-15;/h4-7H,8-9,15H2,1-3H3,(H,16,18)(H,17,19);1H. The van der Waals surface area contributed by atoms with E-state index in [0.717, 1.165) is 5.56 Å². The number of carbonyl (C=O) groups is 2. The molecule has 0 aliphatic rings. The molecule has 1 aromatic carbocycles. The van der Waals surface area contributed by atoms with Crippen LogP contribution in [0.3, 0.4) is 0 Å². The van der Waals surface area contributed by atoms with Gasteiger partial charge in [0.15, 0.2) is 0 Å². The Labute approximate surface area is 125 Å². The quantitative estimate of drug-likeness (QED) is 0.764. The summed E-state index contributed by atoms with van der Waals surface area (Å²) in [6.45, 7) is 6.05. The number of amides is 2. The minimum atomic E-state index is -0.425. The van der Waals surface area contributed by atoms with Crippen molar-refractivity contribution in [3.63, 3.8) is 0 Å². The van der Waals surface area contributed by atoms with E-state index in [1.165, 1.54) is 6.92 Å². The Morgan fingerprint density at radius 3 is 2.20 bits per heavy atom. The van der Waals surface area contributed by atoms with Crippen LogP contribution >= 0.6 is 12.4 Å². The van der Waals surface area contributed by atoms with Gasteiger partial charge in [-0.3, -0.25) is 9.59 Å². The summed E-state index contributed by atoms with van der Waals surface area (Å²) in [7, 11) is 0. The van der Waals surface area contributed by atoms with Crippen molar-refractivity contribution < 1.29 is 9.59 Å². The summed E-state index contributed by atoms with van der Waals surface area (Å²) in [4.78, 5) is 22.8. The molecule has 4 N–H and O–H groups in total. The topological polar surface area (TPSA) is 84.2 Å². The van der Waals surface area contributed by atoms with Crippen LogP contribution in [-0.2, 0) is 11.3 Å². The number of hydrogen-bond acceptors (Lipinski definition) is 3. The van der Waals surface area contributed by atoms with E-state index in [0.29, 0.717) is 18.7 Å². The van der Waals surface area contributed by atoms with E-state index in [2.05, 4.69) is 10.6 Å². The Balaban J connectivity index is 0.00000361. The summed E-state index contributed by atoms with van der Waals surface area (Å²) in [6, 6.07) is 7.11. The first-order chi connectivity index (χ1) is 8.84. The number of halogens is 1. The van der Waals surface area contributed by atoms with Crippen molar-refractivity contribution in [2.45, 2.75) is 32.9 Å². The van der Waals surface area contributed by atoms with Gasteiger partial charge in [0, 0.05) is 31.1 Å². The summed E-state index contributed by atoms with van der Waals surface area (Å²) < 4.78 is 0. The fourth-order valence-corrected chi connectivity index (χ4v) is 1.43. The molecule has 0 aliphatic heterocycles. The van der Waals surface area contributed by atoms with Crippen LogP contribution in [0.1, 0.15) is 36.7 Å². The Morgan fingerprint density at radius 2 is 1.75 bits per heavy atom. The van der Waals surface area contributed by atoms with Crippen molar-refractivity contribution in [2.75, 3.05) is 6.54 Å². The largest absolute Gasteiger partial charge is 0.352 e. The monoisotopic (exact) mass is 299 g/mol. The van der Waals surface area contributed by atoms with Gasteiger partial charge >= 0.3 is 0 Å². The number of nitrogens with two attached hydrogens (primary N) is 1. The third kappa shape index (κ3) is 6.04. The fraction of sp³-hybridized carbons (Fsp3) is 0.429. The minimum absolute atomic E-state index is 0. The summed E-state index contributed by atoms with van der Waals surface area (Å²) in [5, 5.41) is 5.56. The molecule has 0 saturated heterocycles. The fourth-order valence-electron chi connectivity index (χ4n) is 1.43. The van der Waals surface area contributed by atoms with Gasteiger partial charge in [0.05, 0.1) is 0 Å². The van der Waals surface area contributed by atoms with E-state index in [4.69, 9.17) is 5.73 Å². The van der Waals surface area contributed by atoms with Crippen molar-refractivity contribution in [2.24, 2.45) is 5.73 Å². The molecule has 1 aromatic rings. The number of rotatable bonds is 5. The van der Waals surface area contributed by atoms with Crippen molar-refractivity contribution in [3.05, 3.63) is 35.4 Å². The predicted octanol–water partition coefficient (Wildman–Crippen LogP) is 1.21. The summed E-state index contributed by atoms with van der Waals surface area (Å²) in [5.74, 6) is -0.229. The maximum Gasteiger partial charge on any atom is 0.251 e. The molecule has 2 amide bonds. The highest BCUT2D eigenvalue weighted by Gasteiger charge is 2.18. The van der Waals surface area contributed by atoms with Gasteiger partial charge in [-0.05, 0) is 31.5 Å². The van der Waals surface area contributed by atoms with Crippen LogP contribution in [0.25, 0.3) is 0 Å². The van der Waals surface area contributed by atoms with E-state index >= 15 is 0 Å². The van der Waals surface area contributed by atoms with Crippen LogP contribution < -0.4 is 16.4 Å². The van der Waals surface area contributed by atoms with Gasteiger partial charge in [0.2, 0.25) is 5.91 Å². The average Bonchev–Trinajstić information content (AvgIpc) is 2.36. The molecule has 5 nitrogen and oxygen atoms in total. The molecule has 0 aromatic heterocycles. The number of benzene rings is 1. The Morgan fingerprint density at radius 1 is 1.20 bits per heavy atom. The third-order valence-corrected chi connectivity index (χ3v) is 2.72. The second kappa shape index (κ2) is 7.87. The van der Waals surface area contributed by atoms with Crippen molar-refractivity contribution >= 4 is 24.2 Å². The van der Waals surface area contributed by atoms with Crippen molar-refractivity contribution in [3.8, 4) is 0 Å². The van der Waals surface area contributed by atoms with Gasteiger partial charge < -0.3 is 16.4 Å². The molecule has 0 atom stereocenters. The van der Waals surface area contributed by atoms with E-state index < -0.39 is 5.54 Å². The highest BCUT2D eigenvalue weighted by Crippen LogP contribution is 2.07.